The molecule has 0 aliphatic carbocycles. The largest absolute Gasteiger partial charge is 0.491 e. The summed E-state index contributed by atoms with van der Waals surface area (Å²) in [6.07, 6.45) is -0.000135. The Hall–Kier alpha value is -2.75. The standard InChI is InChI=1S/C13H15N3O4/c14-6-7-16-12(17)9-20-13(18)5-8-19-11-4-2-1-3-10(11)15/h1-4H,5,7-9,15H2,(H,16,17). The van der Waals surface area contributed by atoms with Crippen LogP contribution in [-0.2, 0) is 14.3 Å². The monoisotopic (exact) mass is 277 g/mol. The van der Waals surface area contributed by atoms with Crippen molar-refractivity contribution in [1.29, 1.82) is 5.26 Å². The highest BCUT2D eigenvalue weighted by molar-refractivity contribution is 5.80. The number of benzene rings is 1. The molecule has 1 aromatic rings. The zero-order chi connectivity index (χ0) is 14.8. The smallest absolute Gasteiger partial charge is 0.309 e. The van der Waals surface area contributed by atoms with Crippen LogP contribution in [0.25, 0.3) is 0 Å². The summed E-state index contributed by atoms with van der Waals surface area (Å²) >= 11 is 0. The Balaban J connectivity index is 2.19. The molecule has 0 heterocycles. The van der Waals surface area contributed by atoms with Crippen LogP contribution in [0.15, 0.2) is 24.3 Å². The van der Waals surface area contributed by atoms with E-state index in [1.54, 1.807) is 30.3 Å². The van der Waals surface area contributed by atoms with E-state index in [2.05, 4.69) is 5.32 Å². The van der Waals surface area contributed by atoms with E-state index in [4.69, 9.17) is 20.5 Å². The number of nitrogens with zero attached hydrogens (tertiary/aromatic N) is 1. The highest BCUT2D eigenvalue weighted by Gasteiger charge is 2.08. The molecule has 7 heteroatoms. The zero-order valence-corrected chi connectivity index (χ0v) is 10.8. The van der Waals surface area contributed by atoms with Crippen molar-refractivity contribution < 1.29 is 19.1 Å². The van der Waals surface area contributed by atoms with Gasteiger partial charge in [-0.15, -0.1) is 0 Å². The van der Waals surface area contributed by atoms with Crippen molar-refractivity contribution in [3.8, 4) is 11.8 Å². The van der Waals surface area contributed by atoms with Gasteiger partial charge in [-0.05, 0) is 12.1 Å². The Morgan fingerprint density at radius 1 is 1.35 bits per heavy atom. The number of ether oxygens (including phenoxy) is 2. The van der Waals surface area contributed by atoms with Crippen LogP contribution in [0.4, 0.5) is 5.69 Å². The quantitative estimate of drug-likeness (QED) is 0.418. The third-order valence-electron chi connectivity index (χ3n) is 2.21. The molecule has 0 unspecified atom stereocenters. The zero-order valence-electron chi connectivity index (χ0n) is 10.8. The van der Waals surface area contributed by atoms with Gasteiger partial charge >= 0.3 is 5.97 Å². The van der Waals surface area contributed by atoms with E-state index >= 15 is 0 Å². The van der Waals surface area contributed by atoms with Gasteiger partial charge < -0.3 is 20.5 Å². The van der Waals surface area contributed by atoms with E-state index in [9.17, 15) is 9.59 Å². The molecule has 0 radical (unpaired) electrons. The predicted molar refractivity (Wildman–Crippen MR) is 70.5 cm³/mol. The summed E-state index contributed by atoms with van der Waals surface area (Å²) in [4.78, 5) is 22.4. The van der Waals surface area contributed by atoms with Crippen LogP contribution in [-0.4, -0.2) is 31.6 Å². The Labute approximate surface area is 116 Å². The highest BCUT2D eigenvalue weighted by atomic mass is 16.5. The fourth-order valence-corrected chi connectivity index (χ4v) is 1.26. The van der Waals surface area contributed by atoms with Gasteiger partial charge in [-0.25, -0.2) is 0 Å². The van der Waals surface area contributed by atoms with Crippen molar-refractivity contribution in [1.82, 2.24) is 5.32 Å². The summed E-state index contributed by atoms with van der Waals surface area (Å²) in [5.41, 5.74) is 6.14. The van der Waals surface area contributed by atoms with Crippen LogP contribution in [0.3, 0.4) is 0 Å². The summed E-state index contributed by atoms with van der Waals surface area (Å²) in [5.74, 6) is -0.591. The molecule has 0 spiro atoms. The van der Waals surface area contributed by atoms with E-state index in [-0.39, 0.29) is 19.6 Å². The fourth-order valence-electron chi connectivity index (χ4n) is 1.26. The Kier molecular flexibility index (Phi) is 6.41. The molecule has 0 saturated carbocycles. The SMILES string of the molecule is N#CCNC(=O)COC(=O)CCOc1ccccc1N. The number of nitrogen functional groups attached to an aromatic ring is 1. The van der Waals surface area contributed by atoms with Gasteiger partial charge in [0.05, 0.1) is 24.8 Å². The highest BCUT2D eigenvalue weighted by Crippen LogP contribution is 2.19. The molecule has 7 nitrogen and oxygen atoms in total. The minimum atomic E-state index is -0.563. The number of nitrogens with one attached hydrogen (secondary N) is 1. The summed E-state index contributed by atoms with van der Waals surface area (Å²) in [6.45, 7) is -0.423. The normalized spacial score (nSPS) is 9.35. The molecule has 0 atom stereocenters. The van der Waals surface area contributed by atoms with E-state index in [1.165, 1.54) is 0 Å². The Morgan fingerprint density at radius 2 is 2.10 bits per heavy atom. The minimum absolute atomic E-state index is 0.000135. The second-order valence-corrected chi connectivity index (χ2v) is 3.73. The van der Waals surface area contributed by atoms with Crippen molar-refractivity contribution in [2.45, 2.75) is 6.42 Å². The molecule has 0 aromatic heterocycles. The predicted octanol–water partition coefficient (Wildman–Crippen LogP) is 0.221. The first kappa shape index (κ1) is 15.3. The number of para-hydroxylation sites is 2. The second kappa shape index (κ2) is 8.37. The van der Waals surface area contributed by atoms with Crippen molar-refractivity contribution in [3.63, 3.8) is 0 Å². The minimum Gasteiger partial charge on any atom is -0.491 e. The average molecular weight is 277 g/mol. The Bertz CT molecular complexity index is 511. The van der Waals surface area contributed by atoms with Gasteiger partial charge in [-0.3, -0.25) is 9.59 Å². The molecule has 0 aliphatic rings. The number of carbonyl (C=O) groups excluding carboxylic acids is 2. The van der Waals surface area contributed by atoms with Gasteiger partial charge in [-0.2, -0.15) is 5.26 Å². The maximum Gasteiger partial charge on any atom is 0.309 e. The van der Waals surface area contributed by atoms with Gasteiger partial charge in [0.15, 0.2) is 6.61 Å². The van der Waals surface area contributed by atoms with Crippen molar-refractivity contribution >= 4 is 17.6 Å². The van der Waals surface area contributed by atoms with Crippen LogP contribution < -0.4 is 15.8 Å². The third kappa shape index (κ3) is 5.73. The number of nitriles is 1. The first-order valence-electron chi connectivity index (χ1n) is 5.90. The number of hydrogen-bond acceptors (Lipinski definition) is 6. The molecule has 0 bridgehead atoms. The number of anilines is 1. The molecule has 0 saturated heterocycles. The van der Waals surface area contributed by atoms with Gasteiger partial charge in [0.2, 0.25) is 0 Å². The summed E-state index contributed by atoms with van der Waals surface area (Å²) in [7, 11) is 0. The maximum atomic E-state index is 11.3. The third-order valence-corrected chi connectivity index (χ3v) is 2.21. The maximum absolute atomic E-state index is 11.3. The van der Waals surface area contributed by atoms with E-state index in [0.717, 1.165) is 0 Å². The molecule has 20 heavy (non-hydrogen) atoms. The lowest BCUT2D eigenvalue weighted by molar-refractivity contribution is -0.148. The molecule has 1 amide bonds. The van der Waals surface area contributed by atoms with E-state index < -0.39 is 18.5 Å². The summed E-state index contributed by atoms with van der Waals surface area (Å²) < 4.78 is 10.0. The average Bonchev–Trinajstić information content (AvgIpc) is 2.45. The van der Waals surface area contributed by atoms with E-state index in [0.29, 0.717) is 11.4 Å². The number of esters is 1. The first-order valence-corrected chi connectivity index (χ1v) is 5.90. The number of amides is 1. The molecule has 106 valence electrons. The first-order chi connectivity index (χ1) is 9.63. The van der Waals surface area contributed by atoms with Crippen LogP contribution >= 0.6 is 0 Å². The second-order valence-electron chi connectivity index (χ2n) is 3.73. The van der Waals surface area contributed by atoms with Gasteiger partial charge in [-0.1, -0.05) is 12.1 Å². The van der Waals surface area contributed by atoms with Crippen molar-refractivity contribution in [2.75, 3.05) is 25.5 Å². The number of hydrogen-bond donors (Lipinski definition) is 2. The number of carbonyl (C=O) groups is 2. The van der Waals surface area contributed by atoms with Crippen molar-refractivity contribution in [3.05, 3.63) is 24.3 Å². The van der Waals surface area contributed by atoms with Crippen LogP contribution in [0, 0.1) is 11.3 Å². The molecule has 1 rings (SSSR count). The molecular formula is C13H15N3O4. The number of rotatable bonds is 7. The van der Waals surface area contributed by atoms with Crippen molar-refractivity contribution in [2.24, 2.45) is 0 Å². The Morgan fingerprint density at radius 3 is 2.80 bits per heavy atom. The fraction of sp³-hybridized carbons (Fsp3) is 0.308. The lowest BCUT2D eigenvalue weighted by atomic mass is 10.3. The summed E-state index contributed by atoms with van der Waals surface area (Å²) in [5, 5.41) is 10.5. The molecule has 0 aliphatic heterocycles. The molecule has 3 N–H and O–H groups in total. The van der Waals surface area contributed by atoms with Crippen LogP contribution in [0.2, 0.25) is 0 Å². The van der Waals surface area contributed by atoms with Gasteiger partial charge in [0.25, 0.3) is 5.91 Å². The molecule has 0 fully saturated rings. The van der Waals surface area contributed by atoms with Gasteiger partial charge in [0, 0.05) is 0 Å². The molecular weight excluding hydrogens is 262 g/mol. The van der Waals surface area contributed by atoms with E-state index in [1.807, 2.05) is 0 Å². The lowest BCUT2D eigenvalue weighted by Crippen LogP contribution is -2.29. The topological polar surface area (TPSA) is 114 Å². The van der Waals surface area contributed by atoms with Gasteiger partial charge in [0.1, 0.15) is 12.3 Å². The van der Waals surface area contributed by atoms with Crippen LogP contribution in [0.5, 0.6) is 5.75 Å². The molecule has 1 aromatic carbocycles. The number of nitrogens with two attached hydrogens (primary N) is 1. The van der Waals surface area contributed by atoms with Crippen LogP contribution in [0.1, 0.15) is 6.42 Å². The summed E-state index contributed by atoms with van der Waals surface area (Å²) in [6, 6.07) is 8.66. The lowest BCUT2D eigenvalue weighted by Gasteiger charge is -2.08.